The molecule has 0 radical (unpaired) electrons. The van der Waals surface area contributed by atoms with Crippen molar-refractivity contribution in [2.45, 2.75) is 25.3 Å². The van der Waals surface area contributed by atoms with E-state index in [4.69, 9.17) is 22.2 Å². The van der Waals surface area contributed by atoms with Gasteiger partial charge < -0.3 is 4.74 Å². The first-order valence-electron chi connectivity index (χ1n) is 5.71. The fourth-order valence-electron chi connectivity index (χ4n) is 1.48. The van der Waals surface area contributed by atoms with Crippen LogP contribution in [-0.2, 0) is 0 Å². The van der Waals surface area contributed by atoms with Gasteiger partial charge in [-0.05, 0) is 37.5 Å². The average molecular weight is 255 g/mol. The van der Waals surface area contributed by atoms with E-state index in [9.17, 15) is 0 Å². The van der Waals surface area contributed by atoms with Gasteiger partial charge in [0.1, 0.15) is 12.4 Å². The van der Waals surface area contributed by atoms with Gasteiger partial charge in [0.25, 0.3) is 0 Å². The second-order valence-electron chi connectivity index (χ2n) is 3.85. The van der Waals surface area contributed by atoms with Gasteiger partial charge in [0.15, 0.2) is 0 Å². The summed E-state index contributed by atoms with van der Waals surface area (Å²) in [5.41, 5.74) is 2.75. The predicted molar refractivity (Wildman–Crippen MR) is 72.1 cm³/mol. The van der Waals surface area contributed by atoms with Gasteiger partial charge in [-0.2, -0.15) is 0 Å². The topological polar surface area (TPSA) is 47.3 Å². The number of rotatable bonds is 8. The highest BCUT2D eigenvalue weighted by Crippen LogP contribution is 2.17. The van der Waals surface area contributed by atoms with Crippen LogP contribution in [0.15, 0.2) is 36.9 Å². The average Bonchev–Trinajstić information content (AvgIpc) is 2.34. The highest BCUT2D eigenvalue weighted by atomic mass is 35.5. The molecule has 1 atom stereocenters. The van der Waals surface area contributed by atoms with Crippen molar-refractivity contribution in [1.82, 2.24) is 5.43 Å². The lowest BCUT2D eigenvalue weighted by Crippen LogP contribution is -2.39. The maximum atomic E-state index is 5.87. The van der Waals surface area contributed by atoms with E-state index in [1.54, 1.807) is 6.07 Å². The number of ether oxygens (including phenoxy) is 1. The van der Waals surface area contributed by atoms with Crippen molar-refractivity contribution in [3.8, 4) is 5.75 Å². The van der Waals surface area contributed by atoms with E-state index < -0.39 is 0 Å². The normalized spacial score (nSPS) is 12.1. The monoisotopic (exact) mass is 254 g/mol. The van der Waals surface area contributed by atoms with Crippen molar-refractivity contribution in [3.63, 3.8) is 0 Å². The summed E-state index contributed by atoms with van der Waals surface area (Å²) in [6.07, 6.45) is 4.92. The number of nitrogens with one attached hydrogen (secondary N) is 1. The van der Waals surface area contributed by atoms with Crippen LogP contribution in [0.3, 0.4) is 0 Å². The van der Waals surface area contributed by atoms with E-state index >= 15 is 0 Å². The van der Waals surface area contributed by atoms with Gasteiger partial charge in [0, 0.05) is 5.02 Å². The van der Waals surface area contributed by atoms with Gasteiger partial charge in [0.05, 0.1) is 6.04 Å². The highest BCUT2D eigenvalue weighted by Gasteiger charge is 2.06. The van der Waals surface area contributed by atoms with Crippen molar-refractivity contribution < 1.29 is 4.74 Å². The standard InChI is InChI=1S/C13H19ClN2O/c1-2-3-4-7-12(16-15)10-17-13-8-5-6-11(14)9-13/h2,5-6,8-9,12,16H,1,3-4,7,10,15H2. The molecular formula is C13H19ClN2O. The summed E-state index contributed by atoms with van der Waals surface area (Å²) in [6.45, 7) is 4.22. The van der Waals surface area contributed by atoms with E-state index in [2.05, 4.69) is 12.0 Å². The Hall–Kier alpha value is -1.03. The third-order valence-corrected chi connectivity index (χ3v) is 2.68. The van der Waals surface area contributed by atoms with Gasteiger partial charge in [-0.3, -0.25) is 11.3 Å². The van der Waals surface area contributed by atoms with E-state index in [1.165, 1.54) is 0 Å². The van der Waals surface area contributed by atoms with Crippen molar-refractivity contribution >= 4 is 11.6 Å². The SMILES string of the molecule is C=CCCCC(COc1cccc(Cl)c1)NN. The molecule has 0 bridgehead atoms. The van der Waals surface area contributed by atoms with Crippen molar-refractivity contribution in [1.29, 1.82) is 0 Å². The lowest BCUT2D eigenvalue weighted by Gasteiger charge is -2.16. The van der Waals surface area contributed by atoms with Crippen LogP contribution >= 0.6 is 11.6 Å². The van der Waals surface area contributed by atoms with Crippen LogP contribution in [0.5, 0.6) is 5.75 Å². The molecule has 4 heteroatoms. The minimum atomic E-state index is 0.147. The van der Waals surface area contributed by atoms with Crippen LogP contribution in [-0.4, -0.2) is 12.6 Å². The molecule has 0 aliphatic carbocycles. The molecule has 0 saturated heterocycles. The Morgan fingerprint density at radius 3 is 3.00 bits per heavy atom. The van der Waals surface area contributed by atoms with Crippen LogP contribution < -0.4 is 16.0 Å². The van der Waals surface area contributed by atoms with Crippen molar-refractivity contribution in [3.05, 3.63) is 41.9 Å². The summed E-state index contributed by atoms with van der Waals surface area (Å²) in [6, 6.07) is 7.49. The zero-order valence-electron chi connectivity index (χ0n) is 9.86. The molecule has 3 N–H and O–H groups in total. The first kappa shape index (κ1) is 14.0. The Kier molecular flexibility index (Phi) is 6.70. The fraction of sp³-hybridized carbons (Fsp3) is 0.385. The van der Waals surface area contributed by atoms with Gasteiger partial charge in [-0.1, -0.05) is 23.7 Å². The maximum absolute atomic E-state index is 5.87. The number of hydrogen-bond donors (Lipinski definition) is 2. The molecule has 0 amide bonds. The maximum Gasteiger partial charge on any atom is 0.120 e. The number of benzene rings is 1. The quantitative estimate of drug-likeness (QED) is 0.325. The zero-order valence-corrected chi connectivity index (χ0v) is 10.6. The van der Waals surface area contributed by atoms with Crippen molar-refractivity contribution in [2.24, 2.45) is 5.84 Å². The minimum absolute atomic E-state index is 0.147. The Bertz CT molecular complexity index is 344. The van der Waals surface area contributed by atoms with E-state index in [1.807, 2.05) is 24.3 Å². The number of halogens is 1. The van der Waals surface area contributed by atoms with Crippen LogP contribution in [0.25, 0.3) is 0 Å². The fourth-order valence-corrected chi connectivity index (χ4v) is 1.66. The molecule has 1 aromatic carbocycles. The second-order valence-corrected chi connectivity index (χ2v) is 4.29. The molecule has 1 unspecified atom stereocenters. The molecule has 0 spiro atoms. The van der Waals surface area contributed by atoms with Crippen LogP contribution in [0.4, 0.5) is 0 Å². The molecule has 17 heavy (non-hydrogen) atoms. The van der Waals surface area contributed by atoms with E-state index in [0.717, 1.165) is 25.0 Å². The molecule has 94 valence electrons. The first-order chi connectivity index (χ1) is 8.26. The Morgan fingerprint density at radius 1 is 1.53 bits per heavy atom. The number of nitrogens with two attached hydrogens (primary N) is 1. The zero-order chi connectivity index (χ0) is 12.5. The molecule has 0 aromatic heterocycles. The van der Waals surface area contributed by atoms with Crippen LogP contribution in [0.2, 0.25) is 5.02 Å². The molecule has 0 fully saturated rings. The van der Waals surface area contributed by atoms with E-state index in [-0.39, 0.29) is 6.04 Å². The van der Waals surface area contributed by atoms with Gasteiger partial charge in [-0.25, -0.2) is 0 Å². The summed E-state index contributed by atoms with van der Waals surface area (Å²) in [7, 11) is 0. The van der Waals surface area contributed by atoms with E-state index in [0.29, 0.717) is 11.6 Å². The number of hydrogen-bond acceptors (Lipinski definition) is 3. The number of unbranched alkanes of at least 4 members (excludes halogenated alkanes) is 1. The Labute approximate surface area is 108 Å². The molecule has 3 nitrogen and oxygen atoms in total. The molecule has 0 aliphatic rings. The minimum Gasteiger partial charge on any atom is -0.492 e. The van der Waals surface area contributed by atoms with Gasteiger partial charge in [0.2, 0.25) is 0 Å². The summed E-state index contributed by atoms with van der Waals surface area (Å²) in [5.74, 6) is 6.23. The number of allylic oxidation sites excluding steroid dienone is 1. The third-order valence-electron chi connectivity index (χ3n) is 2.44. The molecule has 0 heterocycles. The Morgan fingerprint density at radius 2 is 2.35 bits per heavy atom. The largest absolute Gasteiger partial charge is 0.492 e. The summed E-state index contributed by atoms with van der Waals surface area (Å²) in [4.78, 5) is 0. The molecule has 1 aromatic rings. The van der Waals surface area contributed by atoms with Gasteiger partial charge >= 0.3 is 0 Å². The van der Waals surface area contributed by atoms with Crippen LogP contribution in [0, 0.1) is 0 Å². The first-order valence-corrected chi connectivity index (χ1v) is 6.09. The van der Waals surface area contributed by atoms with Crippen molar-refractivity contribution in [2.75, 3.05) is 6.61 Å². The summed E-state index contributed by atoms with van der Waals surface area (Å²) >= 11 is 5.87. The molecule has 1 rings (SSSR count). The molecule has 0 saturated carbocycles. The van der Waals surface area contributed by atoms with Crippen LogP contribution in [0.1, 0.15) is 19.3 Å². The smallest absolute Gasteiger partial charge is 0.120 e. The lowest BCUT2D eigenvalue weighted by atomic mass is 10.1. The second kappa shape index (κ2) is 8.12. The predicted octanol–water partition coefficient (Wildman–Crippen LogP) is 2.91. The highest BCUT2D eigenvalue weighted by molar-refractivity contribution is 6.30. The third kappa shape index (κ3) is 5.73. The molecular weight excluding hydrogens is 236 g/mol. The van der Waals surface area contributed by atoms with Gasteiger partial charge in [-0.15, -0.1) is 6.58 Å². The summed E-state index contributed by atoms with van der Waals surface area (Å²) < 4.78 is 5.62. The Balaban J connectivity index is 2.34. The number of hydrazine groups is 1. The molecule has 0 aliphatic heterocycles. The summed E-state index contributed by atoms with van der Waals surface area (Å²) in [5, 5.41) is 0.673. The lowest BCUT2D eigenvalue weighted by molar-refractivity contribution is 0.256.